The average molecular weight is 526 g/mol. The van der Waals surface area contributed by atoms with Gasteiger partial charge in [0.1, 0.15) is 11.2 Å². The summed E-state index contributed by atoms with van der Waals surface area (Å²) >= 11 is 0. The van der Waals surface area contributed by atoms with E-state index in [2.05, 4.69) is 78.9 Å². The highest BCUT2D eigenvalue weighted by atomic mass is 16.3. The number of hydrogen-bond acceptors (Lipinski definition) is 1. The first-order chi connectivity index (χ1) is 22.4. The summed E-state index contributed by atoms with van der Waals surface area (Å²) in [6, 6.07) is 38.3. The quantitative estimate of drug-likeness (QED) is 0.162. The van der Waals surface area contributed by atoms with E-state index < -0.39 is 6.04 Å². The zero-order valence-corrected chi connectivity index (χ0v) is 21.9. The molecule has 1 nitrogen and oxygen atoms in total. The van der Waals surface area contributed by atoms with Gasteiger partial charge < -0.3 is 4.42 Å². The third-order valence-electron chi connectivity index (χ3n) is 8.28. The molecule has 190 valence electrons. The minimum absolute atomic E-state index is 0.190. The Labute approximate surface area is 243 Å². The van der Waals surface area contributed by atoms with E-state index in [0.29, 0.717) is 5.56 Å². The van der Waals surface area contributed by atoms with E-state index >= 15 is 0 Å². The van der Waals surface area contributed by atoms with Gasteiger partial charge >= 0.3 is 0 Å². The topological polar surface area (TPSA) is 13.1 Å². The molecule has 0 N–H and O–H groups in total. The normalized spacial score (nSPS) is 13.6. The minimum atomic E-state index is -0.397. The summed E-state index contributed by atoms with van der Waals surface area (Å²) in [5, 5.41) is 11.0. The Morgan fingerprint density at radius 3 is 2.12 bits per heavy atom. The fraction of sp³-hybridized carbons (Fsp3) is 0. The van der Waals surface area contributed by atoms with Crippen LogP contribution in [0.15, 0.2) is 150 Å². The lowest BCUT2D eigenvalue weighted by atomic mass is 9.88. The Balaban J connectivity index is 1.33. The van der Waals surface area contributed by atoms with Crippen LogP contribution in [-0.4, -0.2) is 0 Å². The number of rotatable bonds is 2. The molecule has 8 aromatic carbocycles. The number of hydrogen-bond donors (Lipinski definition) is 0. The predicted molar refractivity (Wildman–Crippen MR) is 175 cm³/mol. The maximum absolute atomic E-state index is 8.46. The van der Waals surface area contributed by atoms with Crippen LogP contribution in [0.4, 0.5) is 0 Å². The molecule has 1 heteroatoms. The molecule has 0 aliphatic heterocycles. The second-order valence-electron chi connectivity index (χ2n) is 10.5. The van der Waals surface area contributed by atoms with Crippen molar-refractivity contribution in [2.75, 3.05) is 0 Å². The van der Waals surface area contributed by atoms with E-state index in [4.69, 9.17) is 11.3 Å². The van der Waals surface area contributed by atoms with Gasteiger partial charge in [0.05, 0.1) is 6.85 Å². The molecule has 0 unspecified atom stereocenters. The first kappa shape index (κ1) is 18.0. The van der Waals surface area contributed by atoms with Gasteiger partial charge in [-0.05, 0) is 95.7 Å². The molecule has 0 saturated heterocycles. The van der Waals surface area contributed by atoms with Gasteiger partial charge in [0.25, 0.3) is 0 Å². The lowest BCUT2D eigenvalue weighted by molar-refractivity contribution is 0.669. The van der Waals surface area contributed by atoms with Gasteiger partial charge in [-0.1, -0.05) is 115 Å². The second kappa shape index (κ2) is 8.55. The fourth-order valence-corrected chi connectivity index (χ4v) is 6.44. The van der Waals surface area contributed by atoms with Crippen molar-refractivity contribution in [1.82, 2.24) is 0 Å². The molecular weight excluding hydrogens is 496 g/mol. The molecule has 0 saturated carbocycles. The van der Waals surface area contributed by atoms with Crippen molar-refractivity contribution in [3.63, 3.8) is 0 Å². The molecule has 41 heavy (non-hydrogen) atoms. The highest BCUT2D eigenvalue weighted by molar-refractivity contribution is 6.25. The summed E-state index contributed by atoms with van der Waals surface area (Å²) < 4.78 is 47.6. The highest BCUT2D eigenvalue weighted by Crippen LogP contribution is 2.45. The van der Waals surface area contributed by atoms with Crippen LogP contribution in [0.5, 0.6) is 0 Å². The van der Waals surface area contributed by atoms with Gasteiger partial charge in [-0.3, -0.25) is 0 Å². The minimum Gasteiger partial charge on any atom is -0.456 e. The van der Waals surface area contributed by atoms with E-state index in [-0.39, 0.29) is 29.7 Å². The SMILES string of the molecule is [2H]c1c([2H])c([2H])c(-c2ccc3cc4c(cc3c2)oc2cccc(-c3c5ccccc5cc5c3ccc3ccccc35)c24)c([2H])c1[2H]. The maximum Gasteiger partial charge on any atom is 0.136 e. The molecule has 0 radical (unpaired) electrons. The van der Waals surface area contributed by atoms with Crippen LogP contribution in [0.25, 0.3) is 87.3 Å². The first-order valence-corrected chi connectivity index (χ1v) is 13.7. The summed E-state index contributed by atoms with van der Waals surface area (Å²) in [5.74, 6) is 0. The Morgan fingerprint density at radius 1 is 0.439 bits per heavy atom. The van der Waals surface area contributed by atoms with Crippen LogP contribution in [0.2, 0.25) is 0 Å². The number of fused-ring (bicyclic) bond motifs is 8. The zero-order chi connectivity index (χ0) is 31.3. The summed E-state index contributed by atoms with van der Waals surface area (Å²) in [5.41, 5.74) is 4.54. The Morgan fingerprint density at radius 2 is 1.22 bits per heavy atom. The van der Waals surface area contributed by atoms with Crippen molar-refractivity contribution in [2.24, 2.45) is 0 Å². The average Bonchev–Trinajstić information content (AvgIpc) is 3.45. The number of benzene rings is 8. The van der Waals surface area contributed by atoms with Crippen LogP contribution in [0.3, 0.4) is 0 Å². The van der Waals surface area contributed by atoms with Crippen LogP contribution < -0.4 is 0 Å². The molecule has 9 rings (SSSR count). The Bertz CT molecular complexity index is 2730. The number of furan rings is 1. The molecule has 0 fully saturated rings. The predicted octanol–water partition coefficient (Wildman–Crippen LogP) is 11.5. The van der Waals surface area contributed by atoms with Crippen LogP contribution in [-0.2, 0) is 0 Å². The second-order valence-corrected chi connectivity index (χ2v) is 10.5. The van der Waals surface area contributed by atoms with Crippen molar-refractivity contribution in [1.29, 1.82) is 0 Å². The smallest absolute Gasteiger partial charge is 0.136 e. The molecule has 9 aromatic rings. The summed E-state index contributed by atoms with van der Waals surface area (Å²) in [4.78, 5) is 0. The van der Waals surface area contributed by atoms with Crippen molar-refractivity contribution in [3.05, 3.63) is 145 Å². The van der Waals surface area contributed by atoms with Gasteiger partial charge in [-0.2, -0.15) is 0 Å². The standard InChI is InChI=1S/C40H24O/c1-2-9-25(10-3-1)27-17-18-28-22-36-38(24-30(28)21-27)41-37-16-8-15-34(40(36)37)39-32-14-7-5-12-29(32)23-35-31-13-6-4-11-26(31)19-20-33(35)39/h1-24H/i1D,2D,3D,9D,10D. The molecule has 0 atom stereocenters. The molecule has 1 heterocycles. The molecule has 0 bridgehead atoms. The molecule has 0 aliphatic rings. The van der Waals surface area contributed by atoms with Gasteiger partial charge in [-0.15, -0.1) is 0 Å². The Hall–Kier alpha value is -5.40. The first-order valence-electron chi connectivity index (χ1n) is 16.2. The molecule has 0 aliphatic carbocycles. The van der Waals surface area contributed by atoms with E-state index in [9.17, 15) is 0 Å². The third kappa shape index (κ3) is 3.36. The van der Waals surface area contributed by atoms with Gasteiger partial charge in [0.15, 0.2) is 0 Å². The molecule has 1 aromatic heterocycles. The van der Waals surface area contributed by atoms with Gasteiger partial charge in [0, 0.05) is 10.8 Å². The van der Waals surface area contributed by atoms with Gasteiger partial charge in [-0.25, -0.2) is 0 Å². The van der Waals surface area contributed by atoms with Crippen LogP contribution in [0, 0.1) is 0 Å². The van der Waals surface area contributed by atoms with Crippen molar-refractivity contribution in [3.8, 4) is 22.3 Å². The summed E-state index contributed by atoms with van der Waals surface area (Å²) in [6.45, 7) is 0. The van der Waals surface area contributed by atoms with E-state index in [1.165, 1.54) is 37.9 Å². The molecular formula is C40H24O. The van der Waals surface area contributed by atoms with Gasteiger partial charge in [0.2, 0.25) is 0 Å². The Kier molecular flexibility index (Phi) is 3.76. The van der Waals surface area contributed by atoms with E-state index in [1.807, 2.05) is 36.4 Å². The zero-order valence-electron chi connectivity index (χ0n) is 26.9. The van der Waals surface area contributed by atoms with Crippen molar-refractivity contribution >= 4 is 65.0 Å². The lowest BCUT2D eigenvalue weighted by Crippen LogP contribution is -1.88. The van der Waals surface area contributed by atoms with Crippen LogP contribution >= 0.6 is 0 Å². The highest BCUT2D eigenvalue weighted by Gasteiger charge is 2.18. The molecule has 0 amide bonds. The van der Waals surface area contributed by atoms with Crippen molar-refractivity contribution in [2.45, 2.75) is 0 Å². The fourth-order valence-electron chi connectivity index (χ4n) is 6.44. The third-order valence-corrected chi connectivity index (χ3v) is 8.28. The van der Waals surface area contributed by atoms with E-state index in [1.54, 1.807) is 0 Å². The van der Waals surface area contributed by atoms with Crippen LogP contribution in [0.1, 0.15) is 6.85 Å². The molecule has 0 spiro atoms. The summed E-state index contributed by atoms with van der Waals surface area (Å²) in [6.07, 6.45) is 0. The van der Waals surface area contributed by atoms with E-state index in [0.717, 1.165) is 38.3 Å². The monoisotopic (exact) mass is 525 g/mol. The lowest BCUT2D eigenvalue weighted by Gasteiger charge is -2.15. The maximum atomic E-state index is 8.46. The van der Waals surface area contributed by atoms with Crippen molar-refractivity contribution < 1.29 is 11.3 Å². The summed E-state index contributed by atoms with van der Waals surface area (Å²) in [7, 11) is 0. The largest absolute Gasteiger partial charge is 0.456 e.